The molecule has 0 aromatic heterocycles. The Bertz CT molecular complexity index is 356. The van der Waals surface area contributed by atoms with Crippen LogP contribution in [0.15, 0.2) is 11.6 Å². The number of alkyl halides is 3. The van der Waals surface area contributed by atoms with Gasteiger partial charge in [-0.25, -0.2) is 0 Å². The lowest BCUT2D eigenvalue weighted by Crippen LogP contribution is -2.40. The van der Waals surface area contributed by atoms with E-state index in [2.05, 4.69) is 19.9 Å². The van der Waals surface area contributed by atoms with Crippen molar-refractivity contribution in [1.82, 2.24) is 0 Å². The fraction of sp³-hybridized carbons (Fsp3) is 0.769. The summed E-state index contributed by atoms with van der Waals surface area (Å²) >= 11 is 17.8. The molecule has 18 heavy (non-hydrogen) atoms. The highest BCUT2D eigenvalue weighted by molar-refractivity contribution is 6.68. The van der Waals surface area contributed by atoms with E-state index < -0.39 is 15.9 Å². The second-order valence-corrected chi connectivity index (χ2v) is 7.96. The predicted molar refractivity (Wildman–Crippen MR) is 76.1 cm³/mol. The van der Waals surface area contributed by atoms with Crippen LogP contribution in [0.2, 0.25) is 0 Å². The molecule has 0 saturated heterocycles. The summed E-state index contributed by atoms with van der Waals surface area (Å²) in [6, 6.07) is 0. The molecular formula is C13H19Cl3O2. The van der Waals surface area contributed by atoms with Gasteiger partial charge in [-0.3, -0.25) is 4.79 Å². The summed E-state index contributed by atoms with van der Waals surface area (Å²) in [5, 5.41) is 0. The van der Waals surface area contributed by atoms with Crippen LogP contribution in [0.5, 0.6) is 0 Å². The van der Waals surface area contributed by atoms with Gasteiger partial charge in [0.05, 0.1) is 0 Å². The van der Waals surface area contributed by atoms with Gasteiger partial charge < -0.3 is 4.74 Å². The zero-order valence-corrected chi connectivity index (χ0v) is 13.4. The quantitative estimate of drug-likeness (QED) is 0.420. The Kier molecular flexibility index (Phi) is 5.02. The summed E-state index contributed by atoms with van der Waals surface area (Å²) in [5.74, 6) is -0.460. The first-order chi connectivity index (χ1) is 8.03. The Morgan fingerprint density at radius 2 is 2.06 bits per heavy atom. The van der Waals surface area contributed by atoms with Crippen molar-refractivity contribution in [3.63, 3.8) is 0 Å². The van der Waals surface area contributed by atoms with Gasteiger partial charge >= 0.3 is 5.97 Å². The number of carbonyl (C=O) groups is 1. The summed E-state index contributed by atoms with van der Waals surface area (Å²) in [6.07, 6.45) is 3.27. The number of esters is 1. The molecule has 0 aliphatic heterocycles. The maximum absolute atomic E-state index is 11.2. The molecule has 5 heteroatoms. The van der Waals surface area contributed by atoms with Crippen molar-refractivity contribution in [2.75, 3.05) is 0 Å². The highest BCUT2D eigenvalue weighted by atomic mass is 35.6. The second-order valence-electron chi connectivity index (χ2n) is 5.59. The molecule has 0 aromatic rings. The topological polar surface area (TPSA) is 26.3 Å². The Morgan fingerprint density at radius 3 is 2.44 bits per heavy atom. The van der Waals surface area contributed by atoms with E-state index in [1.165, 1.54) is 6.92 Å². The predicted octanol–water partition coefficient (Wildman–Crippen LogP) is 4.67. The first kappa shape index (κ1) is 16.1. The summed E-state index contributed by atoms with van der Waals surface area (Å²) in [6.45, 7) is 7.67. The van der Waals surface area contributed by atoms with E-state index in [0.717, 1.165) is 18.4 Å². The normalized spacial score (nSPS) is 25.3. The van der Waals surface area contributed by atoms with Crippen LogP contribution >= 0.6 is 34.8 Å². The van der Waals surface area contributed by atoms with E-state index in [1.807, 2.05) is 6.92 Å². The minimum atomic E-state index is -1.60. The maximum Gasteiger partial charge on any atom is 0.303 e. The third kappa shape index (κ3) is 4.32. The molecule has 0 aromatic carbocycles. The average molecular weight is 314 g/mol. The molecule has 2 nitrogen and oxygen atoms in total. The summed E-state index contributed by atoms with van der Waals surface area (Å²) in [7, 11) is 0. The molecule has 0 saturated carbocycles. The monoisotopic (exact) mass is 312 g/mol. The zero-order valence-electron chi connectivity index (χ0n) is 11.1. The third-order valence-electron chi connectivity index (χ3n) is 3.28. The molecule has 2 unspecified atom stereocenters. The maximum atomic E-state index is 11.2. The number of halogens is 3. The largest absolute Gasteiger partial charge is 0.457 e. The molecule has 0 N–H and O–H groups in total. The molecule has 104 valence electrons. The molecule has 0 fully saturated rings. The molecule has 0 spiro atoms. The summed E-state index contributed by atoms with van der Waals surface area (Å²) in [4.78, 5) is 11.2. The van der Waals surface area contributed by atoms with Crippen LogP contribution in [0.1, 0.15) is 40.5 Å². The van der Waals surface area contributed by atoms with Crippen LogP contribution in [-0.4, -0.2) is 15.9 Å². The number of carbonyl (C=O) groups excluding carboxylic acids is 1. The van der Waals surface area contributed by atoms with Crippen LogP contribution in [0.4, 0.5) is 0 Å². The van der Waals surface area contributed by atoms with Crippen molar-refractivity contribution >= 4 is 40.8 Å². The zero-order chi connectivity index (χ0) is 14.1. The molecule has 0 heterocycles. The third-order valence-corrected chi connectivity index (χ3v) is 3.93. The summed E-state index contributed by atoms with van der Waals surface area (Å²) < 4.78 is 3.61. The molecular weight excluding hydrogens is 294 g/mol. The van der Waals surface area contributed by atoms with Crippen molar-refractivity contribution in [2.45, 2.75) is 50.4 Å². The minimum absolute atomic E-state index is 0.0329. The molecule has 1 aliphatic carbocycles. The van der Waals surface area contributed by atoms with Crippen LogP contribution < -0.4 is 0 Å². The summed E-state index contributed by atoms with van der Waals surface area (Å²) in [5.41, 5.74) is 1.26. The van der Waals surface area contributed by atoms with E-state index in [4.69, 9.17) is 39.5 Å². The van der Waals surface area contributed by atoms with Gasteiger partial charge in [-0.15, -0.1) is 0 Å². The molecule has 0 radical (unpaired) electrons. The van der Waals surface area contributed by atoms with Gasteiger partial charge in [-0.05, 0) is 25.2 Å². The highest BCUT2D eigenvalue weighted by Crippen LogP contribution is 2.45. The fourth-order valence-corrected chi connectivity index (χ4v) is 3.09. The van der Waals surface area contributed by atoms with E-state index in [0.29, 0.717) is 0 Å². The van der Waals surface area contributed by atoms with Crippen LogP contribution in [0.25, 0.3) is 0 Å². The first-order valence-corrected chi connectivity index (χ1v) is 7.09. The van der Waals surface area contributed by atoms with E-state index in [9.17, 15) is 4.79 Å². The number of ether oxygens (including phenoxy) is 1. The van der Waals surface area contributed by atoms with Crippen LogP contribution in [0, 0.1) is 11.3 Å². The Morgan fingerprint density at radius 1 is 1.50 bits per heavy atom. The van der Waals surface area contributed by atoms with E-state index in [-0.39, 0.29) is 11.3 Å². The van der Waals surface area contributed by atoms with E-state index in [1.54, 1.807) is 0 Å². The number of rotatable bonds is 2. The lowest BCUT2D eigenvalue weighted by molar-refractivity contribution is -0.148. The highest BCUT2D eigenvalue weighted by Gasteiger charge is 2.43. The Labute approximate surface area is 124 Å². The molecule has 0 amide bonds. The minimum Gasteiger partial charge on any atom is -0.457 e. The van der Waals surface area contributed by atoms with Crippen LogP contribution in [-0.2, 0) is 9.53 Å². The average Bonchev–Trinajstić information content (AvgIpc) is 2.11. The molecule has 0 bridgehead atoms. The molecule has 2 atom stereocenters. The van der Waals surface area contributed by atoms with Crippen molar-refractivity contribution in [2.24, 2.45) is 11.3 Å². The fourth-order valence-electron chi connectivity index (χ4n) is 2.50. The lowest BCUT2D eigenvalue weighted by Gasteiger charge is -2.38. The van der Waals surface area contributed by atoms with Gasteiger partial charge in [-0.2, -0.15) is 0 Å². The molecule has 1 aliphatic rings. The SMILES string of the molecule is CC(=O)OC(C1CCC(C)(C)C=C1C)C(Cl)(Cl)Cl. The Hall–Kier alpha value is 0.0800. The van der Waals surface area contributed by atoms with Crippen LogP contribution in [0.3, 0.4) is 0 Å². The van der Waals surface area contributed by atoms with Gasteiger partial charge in [-0.1, -0.05) is 60.3 Å². The number of hydrogen-bond donors (Lipinski definition) is 0. The number of allylic oxidation sites excluding steroid dienone is 1. The molecule has 1 rings (SSSR count). The van der Waals surface area contributed by atoms with Crippen molar-refractivity contribution in [1.29, 1.82) is 0 Å². The second kappa shape index (κ2) is 5.60. The smallest absolute Gasteiger partial charge is 0.303 e. The number of hydrogen-bond acceptors (Lipinski definition) is 2. The first-order valence-electron chi connectivity index (χ1n) is 5.96. The van der Waals surface area contributed by atoms with Crippen molar-refractivity contribution in [3.8, 4) is 0 Å². The standard InChI is InChI=1S/C13H19Cl3O2/c1-8-7-12(3,4)6-5-10(8)11(13(14,15)16)18-9(2)17/h7,10-11H,5-6H2,1-4H3. The van der Waals surface area contributed by atoms with Crippen molar-refractivity contribution in [3.05, 3.63) is 11.6 Å². The van der Waals surface area contributed by atoms with E-state index >= 15 is 0 Å². The van der Waals surface area contributed by atoms with Gasteiger partial charge in [0.2, 0.25) is 3.79 Å². The van der Waals surface area contributed by atoms with Gasteiger partial charge in [0.1, 0.15) is 0 Å². The van der Waals surface area contributed by atoms with Gasteiger partial charge in [0, 0.05) is 12.8 Å². The Balaban J connectivity index is 2.98. The lowest BCUT2D eigenvalue weighted by atomic mass is 9.73. The van der Waals surface area contributed by atoms with Gasteiger partial charge in [0.25, 0.3) is 0 Å². The van der Waals surface area contributed by atoms with Crippen molar-refractivity contribution < 1.29 is 9.53 Å². The van der Waals surface area contributed by atoms with Gasteiger partial charge in [0.15, 0.2) is 6.10 Å².